The molecule has 0 aliphatic carbocycles. The Morgan fingerprint density at radius 1 is 0.821 bits per heavy atom. The molecule has 0 saturated heterocycles. The van der Waals surface area contributed by atoms with Gasteiger partial charge in [-0.05, 0) is 115 Å². The van der Waals surface area contributed by atoms with E-state index in [4.69, 9.17) is 4.74 Å². The summed E-state index contributed by atoms with van der Waals surface area (Å²) >= 11 is 6.56. The van der Waals surface area contributed by atoms with Crippen LogP contribution in [0, 0.1) is 10.7 Å². The zero-order valence-corrected chi connectivity index (χ0v) is 21.6. The third-order valence-electron chi connectivity index (χ3n) is 4.62. The lowest BCUT2D eigenvalue weighted by Gasteiger charge is -2.26. The molecule has 0 aliphatic rings. The van der Waals surface area contributed by atoms with Crippen LogP contribution in [0.4, 0.5) is 0 Å². The highest BCUT2D eigenvalue weighted by atomic mass is 127. The van der Waals surface area contributed by atoms with Gasteiger partial charge in [0.2, 0.25) is 0 Å². The number of phenolic OH excluding ortho intramolecular Hbond substituents is 1. The molecule has 144 valence electrons. The topological polar surface area (TPSA) is 46.5 Å². The first kappa shape index (κ1) is 21.8. The van der Waals surface area contributed by atoms with Crippen molar-refractivity contribution >= 4 is 73.7 Å². The van der Waals surface area contributed by atoms with Crippen LogP contribution in [0.15, 0.2) is 60.7 Å². The summed E-state index contributed by atoms with van der Waals surface area (Å²) in [5, 5.41) is 9.51. The van der Waals surface area contributed by atoms with Gasteiger partial charge in [0.25, 0.3) is 0 Å². The monoisotopic (exact) mass is 710 g/mol. The Hall–Kier alpha value is -0.880. The number of aromatic hydroxyl groups is 1. The average Bonchev–Trinajstić information content (AvgIpc) is 2.66. The van der Waals surface area contributed by atoms with Gasteiger partial charge >= 0.3 is 5.97 Å². The van der Waals surface area contributed by atoms with Gasteiger partial charge in [0.05, 0.1) is 5.56 Å². The Kier molecular flexibility index (Phi) is 6.91. The fourth-order valence-corrected chi connectivity index (χ4v) is 5.18. The quantitative estimate of drug-likeness (QED) is 0.141. The SMILES string of the molecule is CC(C)(c1ccc(O)cc1)c1ccc(OC(=O)c2c(I)ccc(I)c2I)cc1. The van der Waals surface area contributed by atoms with Crippen LogP contribution in [0.1, 0.15) is 35.3 Å². The molecular formula is C22H17I3O3. The highest BCUT2D eigenvalue weighted by Crippen LogP contribution is 2.33. The maximum Gasteiger partial charge on any atom is 0.345 e. The van der Waals surface area contributed by atoms with Gasteiger partial charge < -0.3 is 9.84 Å². The first-order valence-electron chi connectivity index (χ1n) is 8.46. The summed E-state index contributed by atoms with van der Waals surface area (Å²) in [6.45, 7) is 4.24. The van der Waals surface area contributed by atoms with E-state index in [0.29, 0.717) is 11.3 Å². The first-order valence-corrected chi connectivity index (χ1v) is 11.7. The molecule has 0 unspecified atom stereocenters. The van der Waals surface area contributed by atoms with E-state index in [1.165, 1.54) is 0 Å². The largest absolute Gasteiger partial charge is 0.508 e. The van der Waals surface area contributed by atoms with E-state index in [1.54, 1.807) is 12.1 Å². The Labute approximate surface area is 205 Å². The summed E-state index contributed by atoms with van der Waals surface area (Å²) in [6, 6.07) is 18.7. The molecule has 0 radical (unpaired) electrons. The van der Waals surface area contributed by atoms with Crippen LogP contribution in [0.3, 0.4) is 0 Å². The zero-order valence-electron chi connectivity index (χ0n) is 15.2. The molecule has 1 N–H and O–H groups in total. The van der Waals surface area contributed by atoms with Crippen molar-refractivity contribution in [3.8, 4) is 11.5 Å². The number of phenols is 1. The molecule has 0 heterocycles. The summed E-state index contributed by atoms with van der Waals surface area (Å²) in [7, 11) is 0. The second kappa shape index (κ2) is 8.86. The minimum Gasteiger partial charge on any atom is -0.508 e. The van der Waals surface area contributed by atoms with Crippen LogP contribution < -0.4 is 4.74 Å². The van der Waals surface area contributed by atoms with E-state index in [0.717, 1.165) is 21.8 Å². The van der Waals surface area contributed by atoms with Crippen LogP contribution >= 0.6 is 67.8 Å². The molecular weight excluding hydrogens is 693 g/mol. The third-order valence-corrected chi connectivity index (χ3v) is 8.57. The Balaban J connectivity index is 1.82. The van der Waals surface area contributed by atoms with E-state index in [-0.39, 0.29) is 17.1 Å². The number of esters is 1. The molecule has 3 aromatic carbocycles. The highest BCUT2D eigenvalue weighted by Gasteiger charge is 2.24. The number of carbonyl (C=O) groups is 1. The minimum atomic E-state index is -0.349. The lowest BCUT2D eigenvalue weighted by atomic mass is 9.78. The lowest BCUT2D eigenvalue weighted by molar-refractivity contribution is 0.0732. The lowest BCUT2D eigenvalue weighted by Crippen LogP contribution is -2.19. The summed E-state index contributed by atoms with van der Waals surface area (Å²) in [5.41, 5.74) is 2.55. The Morgan fingerprint density at radius 2 is 1.32 bits per heavy atom. The van der Waals surface area contributed by atoms with Crippen molar-refractivity contribution in [1.29, 1.82) is 0 Å². The van der Waals surface area contributed by atoms with Crippen LogP contribution in [0.2, 0.25) is 0 Å². The molecule has 3 aromatic rings. The number of carbonyl (C=O) groups excluding carboxylic acids is 1. The normalized spacial score (nSPS) is 11.3. The van der Waals surface area contributed by atoms with Gasteiger partial charge in [-0.1, -0.05) is 38.1 Å². The molecule has 0 saturated carbocycles. The fraction of sp³-hybridized carbons (Fsp3) is 0.136. The van der Waals surface area contributed by atoms with Crippen molar-refractivity contribution in [2.75, 3.05) is 0 Å². The maximum atomic E-state index is 12.7. The molecule has 0 amide bonds. The van der Waals surface area contributed by atoms with Gasteiger partial charge in [-0.25, -0.2) is 4.79 Å². The van der Waals surface area contributed by atoms with E-state index >= 15 is 0 Å². The van der Waals surface area contributed by atoms with Crippen LogP contribution in [0.5, 0.6) is 11.5 Å². The van der Waals surface area contributed by atoms with Crippen molar-refractivity contribution in [3.05, 3.63) is 88.1 Å². The fourth-order valence-electron chi connectivity index (χ4n) is 2.86. The standard InChI is InChI=1S/C22H17I3O3/c1-22(2,13-3-7-15(26)8-4-13)14-5-9-16(10-6-14)28-21(27)19-17(23)11-12-18(24)20(19)25/h3-12,26H,1-2H3. The third kappa shape index (κ3) is 4.64. The van der Waals surface area contributed by atoms with Crippen molar-refractivity contribution in [2.24, 2.45) is 0 Å². The van der Waals surface area contributed by atoms with Crippen LogP contribution in [-0.4, -0.2) is 11.1 Å². The van der Waals surface area contributed by atoms with Crippen molar-refractivity contribution in [1.82, 2.24) is 0 Å². The van der Waals surface area contributed by atoms with Crippen molar-refractivity contribution < 1.29 is 14.6 Å². The number of rotatable bonds is 4. The van der Waals surface area contributed by atoms with Crippen molar-refractivity contribution in [3.63, 3.8) is 0 Å². The van der Waals surface area contributed by atoms with Gasteiger partial charge in [-0.3, -0.25) is 0 Å². The Bertz CT molecular complexity index is 1010. The average molecular weight is 710 g/mol. The Morgan fingerprint density at radius 3 is 1.89 bits per heavy atom. The van der Waals surface area contributed by atoms with E-state index in [1.807, 2.05) is 48.5 Å². The molecule has 0 aromatic heterocycles. The van der Waals surface area contributed by atoms with Gasteiger partial charge in [0.1, 0.15) is 11.5 Å². The van der Waals surface area contributed by atoms with Crippen LogP contribution in [0.25, 0.3) is 0 Å². The predicted molar refractivity (Wildman–Crippen MR) is 136 cm³/mol. The molecule has 0 bridgehead atoms. The maximum absolute atomic E-state index is 12.7. The smallest absolute Gasteiger partial charge is 0.345 e. The number of halogens is 3. The minimum absolute atomic E-state index is 0.240. The van der Waals surface area contributed by atoms with Crippen LogP contribution in [-0.2, 0) is 5.41 Å². The molecule has 6 heteroatoms. The van der Waals surface area contributed by atoms with Gasteiger partial charge in [-0.15, -0.1) is 0 Å². The molecule has 0 spiro atoms. The molecule has 0 fully saturated rings. The molecule has 3 nitrogen and oxygen atoms in total. The van der Waals surface area contributed by atoms with Gasteiger partial charge in [0.15, 0.2) is 0 Å². The van der Waals surface area contributed by atoms with E-state index < -0.39 is 0 Å². The molecule has 28 heavy (non-hydrogen) atoms. The van der Waals surface area contributed by atoms with Gasteiger partial charge in [0, 0.05) is 16.1 Å². The summed E-state index contributed by atoms with van der Waals surface area (Å²) in [4.78, 5) is 12.7. The number of ether oxygens (including phenoxy) is 1. The number of hydrogen-bond donors (Lipinski definition) is 1. The molecule has 0 atom stereocenters. The van der Waals surface area contributed by atoms with E-state index in [2.05, 4.69) is 81.6 Å². The summed E-state index contributed by atoms with van der Waals surface area (Å²) in [6.07, 6.45) is 0. The van der Waals surface area contributed by atoms with Crippen molar-refractivity contribution in [2.45, 2.75) is 19.3 Å². The van der Waals surface area contributed by atoms with E-state index in [9.17, 15) is 9.90 Å². The summed E-state index contributed by atoms with van der Waals surface area (Å²) in [5.74, 6) is 0.417. The first-order chi connectivity index (χ1) is 13.2. The predicted octanol–water partition coefficient (Wildman–Crippen LogP) is 6.75. The molecule has 0 aliphatic heterocycles. The number of hydrogen-bond acceptors (Lipinski definition) is 3. The second-order valence-electron chi connectivity index (χ2n) is 6.80. The van der Waals surface area contributed by atoms with Gasteiger partial charge in [-0.2, -0.15) is 0 Å². The number of benzene rings is 3. The summed E-state index contributed by atoms with van der Waals surface area (Å²) < 4.78 is 8.42. The molecule has 3 rings (SSSR count). The zero-order chi connectivity index (χ0) is 20.5. The highest BCUT2D eigenvalue weighted by molar-refractivity contribution is 14.1. The second-order valence-corrected chi connectivity index (χ2v) is 10.2.